The third-order valence-corrected chi connectivity index (χ3v) is 6.43. The van der Waals surface area contributed by atoms with Crippen LogP contribution in [0.1, 0.15) is 23.2 Å². The molecular weight excluding hydrogens is 392 g/mol. The maximum atomic E-state index is 12.7. The number of rotatable bonds is 3. The quantitative estimate of drug-likeness (QED) is 0.779. The number of halogens is 1. The van der Waals surface area contributed by atoms with Crippen LogP contribution in [0.2, 0.25) is 5.02 Å². The Morgan fingerprint density at radius 1 is 1.00 bits per heavy atom. The lowest BCUT2D eigenvalue weighted by molar-refractivity contribution is -0.138. The summed E-state index contributed by atoms with van der Waals surface area (Å²) in [5.74, 6) is -0.261. The molecule has 2 N–H and O–H groups in total. The molecule has 0 spiro atoms. The normalized spacial score (nSPS) is 19.9. The van der Waals surface area contributed by atoms with Gasteiger partial charge < -0.3 is 9.80 Å². The smallest absolute Gasteiger partial charge is 0.276 e. The molecule has 0 atom stereocenters. The molecule has 1 aromatic rings. The zero-order valence-corrected chi connectivity index (χ0v) is 16.5. The minimum Gasteiger partial charge on any atom is -0.339 e. The van der Waals surface area contributed by atoms with Gasteiger partial charge in [-0.3, -0.25) is 9.59 Å². The summed E-state index contributed by atoms with van der Waals surface area (Å²) in [6.07, 6.45) is 0.938. The first-order valence-electron chi connectivity index (χ1n) is 8.87. The highest BCUT2D eigenvalue weighted by molar-refractivity contribution is 7.86. The van der Waals surface area contributed by atoms with Gasteiger partial charge in [0.15, 0.2) is 0 Å². The zero-order chi connectivity index (χ0) is 19.6. The predicted octanol–water partition coefficient (Wildman–Crippen LogP) is 0.540. The Balaban J connectivity index is 1.52. The SMILES string of the molecule is NS(=O)(=O)N1CCC(C(=O)N2CCN(C(=O)c3cccc(Cl)c3)CC2)CC1. The molecule has 2 heterocycles. The van der Waals surface area contributed by atoms with Gasteiger partial charge in [0.25, 0.3) is 16.1 Å². The first-order chi connectivity index (χ1) is 12.8. The fourth-order valence-corrected chi connectivity index (χ4v) is 4.46. The minimum absolute atomic E-state index is 0.0268. The highest BCUT2D eigenvalue weighted by Crippen LogP contribution is 2.22. The number of hydrogen-bond acceptors (Lipinski definition) is 4. The van der Waals surface area contributed by atoms with Gasteiger partial charge in [0, 0.05) is 55.8 Å². The molecule has 0 radical (unpaired) electrons. The van der Waals surface area contributed by atoms with Crippen LogP contribution in [0.15, 0.2) is 24.3 Å². The van der Waals surface area contributed by atoms with E-state index in [1.807, 2.05) is 0 Å². The van der Waals surface area contributed by atoms with E-state index in [0.29, 0.717) is 49.6 Å². The van der Waals surface area contributed by atoms with Crippen molar-refractivity contribution in [3.63, 3.8) is 0 Å². The highest BCUT2D eigenvalue weighted by atomic mass is 35.5. The largest absolute Gasteiger partial charge is 0.339 e. The monoisotopic (exact) mass is 414 g/mol. The number of benzene rings is 1. The van der Waals surface area contributed by atoms with Gasteiger partial charge in [0.1, 0.15) is 0 Å². The van der Waals surface area contributed by atoms with E-state index in [0.717, 1.165) is 0 Å². The summed E-state index contributed by atoms with van der Waals surface area (Å²) in [4.78, 5) is 28.7. The van der Waals surface area contributed by atoms with Crippen LogP contribution in [-0.2, 0) is 15.0 Å². The number of carbonyl (C=O) groups is 2. The number of piperazine rings is 1. The molecule has 148 valence electrons. The Morgan fingerprint density at radius 2 is 1.59 bits per heavy atom. The maximum absolute atomic E-state index is 12.7. The van der Waals surface area contributed by atoms with Gasteiger partial charge in [0.05, 0.1) is 0 Å². The van der Waals surface area contributed by atoms with E-state index in [-0.39, 0.29) is 30.8 Å². The number of amides is 2. The molecular formula is C17H23ClN4O4S. The van der Waals surface area contributed by atoms with E-state index in [9.17, 15) is 18.0 Å². The van der Waals surface area contributed by atoms with E-state index in [1.54, 1.807) is 34.1 Å². The average Bonchev–Trinajstić information content (AvgIpc) is 2.66. The zero-order valence-electron chi connectivity index (χ0n) is 14.9. The number of nitrogens with zero attached hydrogens (tertiary/aromatic N) is 3. The first-order valence-corrected chi connectivity index (χ1v) is 10.8. The van der Waals surface area contributed by atoms with Crippen molar-refractivity contribution in [1.29, 1.82) is 0 Å². The molecule has 0 bridgehead atoms. The third kappa shape index (κ3) is 4.78. The van der Waals surface area contributed by atoms with Crippen LogP contribution in [0.25, 0.3) is 0 Å². The third-order valence-electron chi connectivity index (χ3n) is 5.11. The van der Waals surface area contributed by atoms with E-state index < -0.39 is 10.2 Å². The van der Waals surface area contributed by atoms with Crippen LogP contribution < -0.4 is 5.14 Å². The lowest BCUT2D eigenvalue weighted by Gasteiger charge is -2.38. The molecule has 8 nitrogen and oxygen atoms in total. The van der Waals surface area contributed by atoms with Gasteiger partial charge in [-0.25, -0.2) is 5.14 Å². The Labute approximate surface area is 164 Å². The Bertz CT molecular complexity index is 816. The minimum atomic E-state index is -3.69. The molecule has 3 rings (SSSR count). The van der Waals surface area contributed by atoms with Crippen molar-refractivity contribution in [3.8, 4) is 0 Å². The molecule has 27 heavy (non-hydrogen) atoms. The molecule has 1 aromatic carbocycles. The van der Waals surface area contributed by atoms with Crippen molar-refractivity contribution in [1.82, 2.24) is 14.1 Å². The molecule has 2 amide bonds. The molecule has 2 aliphatic rings. The van der Waals surface area contributed by atoms with Crippen LogP contribution in [0.4, 0.5) is 0 Å². The van der Waals surface area contributed by atoms with Crippen LogP contribution in [-0.4, -0.2) is 73.6 Å². The van der Waals surface area contributed by atoms with Crippen LogP contribution >= 0.6 is 11.6 Å². The van der Waals surface area contributed by atoms with Crippen molar-refractivity contribution < 1.29 is 18.0 Å². The van der Waals surface area contributed by atoms with Crippen molar-refractivity contribution in [2.24, 2.45) is 11.1 Å². The van der Waals surface area contributed by atoms with Crippen LogP contribution in [0.3, 0.4) is 0 Å². The van der Waals surface area contributed by atoms with Crippen molar-refractivity contribution in [2.75, 3.05) is 39.3 Å². The summed E-state index contributed by atoms with van der Waals surface area (Å²) in [7, 11) is -3.69. The van der Waals surface area contributed by atoms with Gasteiger partial charge in [0.2, 0.25) is 5.91 Å². The summed E-state index contributed by atoms with van der Waals surface area (Å²) in [5, 5.41) is 5.65. The topological polar surface area (TPSA) is 104 Å². The van der Waals surface area contributed by atoms with Gasteiger partial charge in [-0.05, 0) is 31.0 Å². The first kappa shape index (κ1) is 20.1. The van der Waals surface area contributed by atoms with Gasteiger partial charge in [-0.1, -0.05) is 17.7 Å². The van der Waals surface area contributed by atoms with E-state index >= 15 is 0 Å². The predicted molar refractivity (Wildman–Crippen MR) is 101 cm³/mol. The highest BCUT2D eigenvalue weighted by Gasteiger charge is 2.33. The molecule has 0 saturated carbocycles. The van der Waals surface area contributed by atoms with Crippen LogP contribution in [0.5, 0.6) is 0 Å². The van der Waals surface area contributed by atoms with Crippen molar-refractivity contribution in [2.45, 2.75) is 12.8 Å². The fourth-order valence-electron chi connectivity index (χ4n) is 3.55. The fraction of sp³-hybridized carbons (Fsp3) is 0.529. The second-order valence-electron chi connectivity index (χ2n) is 6.85. The number of piperidine rings is 1. The molecule has 0 unspecified atom stereocenters. The Hall–Kier alpha value is -1.68. The molecule has 0 aromatic heterocycles. The standard InChI is InChI=1S/C17H23ClN4O4S/c18-15-3-1-2-14(12-15)17(24)21-10-8-20(9-11-21)16(23)13-4-6-22(7-5-13)27(19,25)26/h1-3,12-13H,4-11H2,(H2,19,25,26). The molecule has 0 aliphatic carbocycles. The second-order valence-corrected chi connectivity index (χ2v) is 8.83. The van der Waals surface area contributed by atoms with Gasteiger partial charge in [-0.15, -0.1) is 0 Å². The van der Waals surface area contributed by atoms with Gasteiger partial charge in [-0.2, -0.15) is 12.7 Å². The summed E-state index contributed by atoms with van der Waals surface area (Å²) in [6, 6.07) is 6.82. The Morgan fingerprint density at radius 3 is 2.15 bits per heavy atom. The van der Waals surface area contributed by atoms with E-state index in [1.165, 1.54) is 4.31 Å². The summed E-state index contributed by atoms with van der Waals surface area (Å²) in [6.45, 7) is 2.41. The summed E-state index contributed by atoms with van der Waals surface area (Å²) < 4.78 is 23.9. The maximum Gasteiger partial charge on any atom is 0.276 e. The molecule has 10 heteroatoms. The summed E-state index contributed by atoms with van der Waals surface area (Å²) in [5.41, 5.74) is 0.539. The molecule has 2 saturated heterocycles. The van der Waals surface area contributed by atoms with E-state index in [2.05, 4.69) is 0 Å². The van der Waals surface area contributed by atoms with E-state index in [4.69, 9.17) is 16.7 Å². The molecule has 2 fully saturated rings. The van der Waals surface area contributed by atoms with Gasteiger partial charge >= 0.3 is 0 Å². The number of nitrogens with two attached hydrogens (primary N) is 1. The molecule has 2 aliphatic heterocycles. The van der Waals surface area contributed by atoms with Crippen molar-refractivity contribution >= 4 is 33.6 Å². The summed E-state index contributed by atoms with van der Waals surface area (Å²) >= 11 is 5.94. The average molecular weight is 415 g/mol. The second kappa shape index (κ2) is 8.14. The lowest BCUT2D eigenvalue weighted by Crippen LogP contribution is -2.53. The van der Waals surface area contributed by atoms with Crippen LogP contribution in [0, 0.1) is 5.92 Å². The van der Waals surface area contributed by atoms with Crippen molar-refractivity contribution in [3.05, 3.63) is 34.9 Å². The lowest BCUT2D eigenvalue weighted by atomic mass is 9.96. The Kier molecular flexibility index (Phi) is 6.05. The number of hydrogen-bond donors (Lipinski definition) is 1. The number of carbonyl (C=O) groups excluding carboxylic acids is 2.